The van der Waals surface area contributed by atoms with Gasteiger partial charge >= 0.3 is 0 Å². The van der Waals surface area contributed by atoms with Gasteiger partial charge in [-0.25, -0.2) is 4.98 Å². The first kappa shape index (κ1) is 26.3. The van der Waals surface area contributed by atoms with Gasteiger partial charge < -0.3 is 4.57 Å². The summed E-state index contributed by atoms with van der Waals surface area (Å²) in [7, 11) is 0. The Morgan fingerprint density at radius 2 is 1.18 bits per heavy atom. The van der Waals surface area contributed by atoms with Crippen molar-refractivity contribution in [1.29, 1.82) is 0 Å². The van der Waals surface area contributed by atoms with Crippen LogP contribution in [-0.2, 0) is 6.54 Å². The van der Waals surface area contributed by atoms with Crippen molar-refractivity contribution in [2.45, 2.75) is 154 Å². The topological polar surface area (TPSA) is 17.8 Å². The third kappa shape index (κ3) is 9.45. The van der Waals surface area contributed by atoms with E-state index in [-0.39, 0.29) is 0 Å². The van der Waals surface area contributed by atoms with E-state index in [2.05, 4.69) is 35.8 Å². The van der Waals surface area contributed by atoms with Crippen LogP contribution >= 0.6 is 0 Å². The predicted octanol–water partition coefficient (Wildman–Crippen LogP) is 10.3. The van der Waals surface area contributed by atoms with E-state index in [1.165, 1.54) is 152 Å². The molecular formula is C31H52N2. The van der Waals surface area contributed by atoms with Crippen molar-refractivity contribution < 1.29 is 0 Å². The molecule has 0 radical (unpaired) electrons. The quantitative estimate of drug-likeness (QED) is 0.206. The van der Waals surface area contributed by atoms with Gasteiger partial charge in [0, 0.05) is 12.5 Å². The SMILES string of the molecule is CCCCCCCCCCCCCCCCCCn1c(C2CCCCC2)nc2ccccc21. The molecule has 1 aliphatic carbocycles. The molecule has 1 saturated carbocycles. The van der Waals surface area contributed by atoms with Crippen LogP contribution in [0.1, 0.15) is 154 Å². The Labute approximate surface area is 205 Å². The van der Waals surface area contributed by atoms with Crippen molar-refractivity contribution in [2.24, 2.45) is 0 Å². The van der Waals surface area contributed by atoms with Gasteiger partial charge in [-0.2, -0.15) is 0 Å². The van der Waals surface area contributed by atoms with Crippen molar-refractivity contribution in [1.82, 2.24) is 9.55 Å². The first-order chi connectivity index (χ1) is 16.4. The van der Waals surface area contributed by atoms with Gasteiger partial charge in [-0.15, -0.1) is 0 Å². The van der Waals surface area contributed by atoms with E-state index in [1.54, 1.807) is 0 Å². The lowest BCUT2D eigenvalue weighted by molar-refractivity contribution is 0.413. The molecule has 1 aliphatic rings. The Bertz CT molecular complexity index is 740. The number of imidazole rings is 1. The normalized spacial score (nSPS) is 14.9. The molecule has 0 amide bonds. The number of unbranched alkanes of at least 4 members (excludes halogenated alkanes) is 15. The third-order valence-corrected chi connectivity index (χ3v) is 7.89. The lowest BCUT2D eigenvalue weighted by Crippen LogP contribution is -2.12. The summed E-state index contributed by atoms with van der Waals surface area (Å²) in [5, 5.41) is 0. The van der Waals surface area contributed by atoms with Crippen LogP contribution in [0, 0.1) is 0 Å². The smallest absolute Gasteiger partial charge is 0.112 e. The molecule has 1 fully saturated rings. The van der Waals surface area contributed by atoms with E-state index in [1.807, 2.05) is 0 Å². The van der Waals surface area contributed by atoms with Crippen LogP contribution in [0.3, 0.4) is 0 Å². The maximum absolute atomic E-state index is 5.09. The van der Waals surface area contributed by atoms with Crippen LogP contribution in [0.2, 0.25) is 0 Å². The molecule has 1 heterocycles. The summed E-state index contributed by atoms with van der Waals surface area (Å²) in [4.78, 5) is 5.09. The van der Waals surface area contributed by atoms with E-state index in [4.69, 9.17) is 4.98 Å². The minimum atomic E-state index is 0.687. The van der Waals surface area contributed by atoms with Crippen molar-refractivity contribution in [3.63, 3.8) is 0 Å². The van der Waals surface area contributed by atoms with Crippen LogP contribution in [0.25, 0.3) is 11.0 Å². The standard InChI is InChI=1S/C31H52N2/c1-2-3-4-5-6-7-8-9-10-11-12-13-14-15-16-22-27-33-30-26-21-20-25-29(30)32-31(33)28-23-18-17-19-24-28/h20-21,25-26,28H,2-19,22-24,27H2,1H3. The van der Waals surface area contributed by atoms with Gasteiger partial charge in [-0.05, 0) is 31.4 Å². The number of aromatic nitrogens is 2. The molecular weight excluding hydrogens is 400 g/mol. The van der Waals surface area contributed by atoms with E-state index < -0.39 is 0 Å². The molecule has 0 saturated heterocycles. The second kappa shape index (κ2) is 16.3. The van der Waals surface area contributed by atoms with E-state index in [9.17, 15) is 0 Å². The molecule has 0 spiro atoms. The Kier molecular flexibility index (Phi) is 13.0. The Hall–Kier alpha value is -1.31. The molecule has 0 bridgehead atoms. The summed E-state index contributed by atoms with van der Waals surface area (Å²) in [6.45, 7) is 3.46. The summed E-state index contributed by atoms with van der Waals surface area (Å²) >= 11 is 0. The highest BCUT2D eigenvalue weighted by atomic mass is 15.1. The van der Waals surface area contributed by atoms with Crippen LogP contribution in [0.5, 0.6) is 0 Å². The second-order valence-electron chi connectivity index (χ2n) is 10.7. The number of rotatable bonds is 18. The molecule has 2 nitrogen and oxygen atoms in total. The van der Waals surface area contributed by atoms with Gasteiger partial charge in [0.1, 0.15) is 5.82 Å². The Balaban J connectivity index is 1.23. The molecule has 0 aliphatic heterocycles. The number of fused-ring (bicyclic) bond motifs is 1. The molecule has 186 valence electrons. The minimum Gasteiger partial charge on any atom is -0.328 e. The van der Waals surface area contributed by atoms with E-state index in [0.717, 1.165) is 6.54 Å². The predicted molar refractivity (Wildman–Crippen MR) is 145 cm³/mol. The molecule has 0 atom stereocenters. The first-order valence-electron chi connectivity index (χ1n) is 14.9. The molecule has 2 aromatic rings. The van der Waals surface area contributed by atoms with Gasteiger partial charge in [0.25, 0.3) is 0 Å². The highest BCUT2D eigenvalue weighted by molar-refractivity contribution is 5.76. The first-order valence-corrected chi connectivity index (χ1v) is 14.9. The van der Waals surface area contributed by atoms with Gasteiger partial charge in [0.2, 0.25) is 0 Å². The molecule has 0 N–H and O–H groups in total. The van der Waals surface area contributed by atoms with Crippen LogP contribution in [-0.4, -0.2) is 9.55 Å². The van der Waals surface area contributed by atoms with Crippen molar-refractivity contribution in [3.8, 4) is 0 Å². The zero-order chi connectivity index (χ0) is 23.0. The van der Waals surface area contributed by atoms with Crippen molar-refractivity contribution >= 4 is 11.0 Å². The summed E-state index contributed by atoms with van der Waals surface area (Å²) in [5.74, 6) is 2.07. The molecule has 0 unspecified atom stereocenters. The summed E-state index contributed by atoms with van der Waals surface area (Å²) in [6.07, 6.45) is 29.8. The number of hydrogen-bond acceptors (Lipinski definition) is 1. The monoisotopic (exact) mass is 452 g/mol. The zero-order valence-corrected chi connectivity index (χ0v) is 21.8. The molecule has 1 aromatic heterocycles. The number of para-hydroxylation sites is 2. The van der Waals surface area contributed by atoms with Crippen LogP contribution in [0.4, 0.5) is 0 Å². The third-order valence-electron chi connectivity index (χ3n) is 7.89. The molecule has 33 heavy (non-hydrogen) atoms. The number of benzene rings is 1. The lowest BCUT2D eigenvalue weighted by atomic mass is 9.88. The van der Waals surface area contributed by atoms with Gasteiger partial charge in [-0.3, -0.25) is 0 Å². The average molecular weight is 453 g/mol. The lowest BCUT2D eigenvalue weighted by Gasteiger charge is -2.22. The van der Waals surface area contributed by atoms with Gasteiger partial charge in [0.05, 0.1) is 11.0 Å². The van der Waals surface area contributed by atoms with Gasteiger partial charge in [0.15, 0.2) is 0 Å². The second-order valence-corrected chi connectivity index (χ2v) is 10.7. The largest absolute Gasteiger partial charge is 0.328 e. The number of hydrogen-bond donors (Lipinski definition) is 0. The highest BCUT2D eigenvalue weighted by Gasteiger charge is 2.22. The maximum Gasteiger partial charge on any atom is 0.112 e. The average Bonchev–Trinajstić information content (AvgIpc) is 3.23. The van der Waals surface area contributed by atoms with Crippen LogP contribution in [0.15, 0.2) is 24.3 Å². The fourth-order valence-corrected chi connectivity index (χ4v) is 5.82. The van der Waals surface area contributed by atoms with E-state index >= 15 is 0 Å². The Morgan fingerprint density at radius 3 is 1.76 bits per heavy atom. The number of aryl methyl sites for hydroxylation is 1. The molecule has 2 heteroatoms. The summed E-state index contributed by atoms with van der Waals surface area (Å²) < 4.78 is 2.58. The highest BCUT2D eigenvalue weighted by Crippen LogP contribution is 2.34. The number of nitrogens with zero attached hydrogens (tertiary/aromatic N) is 2. The fraction of sp³-hybridized carbons (Fsp3) is 0.774. The van der Waals surface area contributed by atoms with Crippen molar-refractivity contribution in [2.75, 3.05) is 0 Å². The maximum atomic E-state index is 5.09. The zero-order valence-electron chi connectivity index (χ0n) is 21.8. The minimum absolute atomic E-state index is 0.687. The molecule has 3 rings (SSSR count). The van der Waals surface area contributed by atoms with Gasteiger partial charge in [-0.1, -0.05) is 135 Å². The fourth-order valence-electron chi connectivity index (χ4n) is 5.82. The Morgan fingerprint density at radius 1 is 0.667 bits per heavy atom. The summed E-state index contributed by atoms with van der Waals surface area (Å²) in [5.41, 5.74) is 2.56. The summed E-state index contributed by atoms with van der Waals surface area (Å²) in [6, 6.07) is 8.80. The van der Waals surface area contributed by atoms with Crippen molar-refractivity contribution in [3.05, 3.63) is 30.1 Å². The molecule has 1 aromatic carbocycles. The van der Waals surface area contributed by atoms with Crippen LogP contribution < -0.4 is 0 Å². The van der Waals surface area contributed by atoms with E-state index in [0.29, 0.717) is 5.92 Å².